The predicted octanol–water partition coefficient (Wildman–Crippen LogP) is 4.04. The molecule has 1 unspecified atom stereocenters. The van der Waals surface area contributed by atoms with Crippen molar-refractivity contribution in [1.29, 1.82) is 0 Å². The molecule has 0 saturated carbocycles. The van der Waals surface area contributed by atoms with Crippen LogP contribution in [0.1, 0.15) is 39.5 Å². The zero-order chi connectivity index (χ0) is 13.3. The minimum Gasteiger partial charge on any atom is -0.466 e. The van der Waals surface area contributed by atoms with E-state index in [0.29, 0.717) is 17.9 Å². The minimum atomic E-state index is -0.307. The van der Waals surface area contributed by atoms with Crippen LogP contribution in [0.4, 0.5) is 0 Å². The van der Waals surface area contributed by atoms with E-state index in [9.17, 15) is 4.79 Å². The summed E-state index contributed by atoms with van der Waals surface area (Å²) in [6.45, 7) is 11.7. The SMILES string of the molecule is C=CC(C)CCC=C(C)CCC(=C)C(=O)OC. The van der Waals surface area contributed by atoms with Crippen molar-refractivity contribution in [2.24, 2.45) is 5.92 Å². The molecule has 0 N–H and O–H groups in total. The molecule has 0 aliphatic rings. The van der Waals surface area contributed by atoms with Crippen molar-refractivity contribution in [3.63, 3.8) is 0 Å². The van der Waals surface area contributed by atoms with Gasteiger partial charge in [-0.15, -0.1) is 6.58 Å². The van der Waals surface area contributed by atoms with E-state index in [1.54, 1.807) is 0 Å². The summed E-state index contributed by atoms with van der Waals surface area (Å²) in [6.07, 6.45) is 7.93. The largest absolute Gasteiger partial charge is 0.466 e. The predicted molar refractivity (Wildman–Crippen MR) is 72.7 cm³/mol. The molecule has 0 amide bonds. The van der Waals surface area contributed by atoms with E-state index in [4.69, 9.17) is 0 Å². The molecule has 0 aromatic carbocycles. The summed E-state index contributed by atoms with van der Waals surface area (Å²) in [5.41, 5.74) is 1.84. The summed E-state index contributed by atoms with van der Waals surface area (Å²) in [7, 11) is 1.38. The fraction of sp³-hybridized carbons (Fsp3) is 0.533. The maximum absolute atomic E-state index is 11.1. The van der Waals surface area contributed by atoms with Gasteiger partial charge >= 0.3 is 5.97 Å². The van der Waals surface area contributed by atoms with E-state index in [0.717, 1.165) is 19.3 Å². The Morgan fingerprint density at radius 2 is 2.06 bits per heavy atom. The lowest BCUT2D eigenvalue weighted by Crippen LogP contribution is -2.03. The van der Waals surface area contributed by atoms with Gasteiger partial charge in [0.25, 0.3) is 0 Å². The second-order valence-electron chi connectivity index (χ2n) is 4.44. The van der Waals surface area contributed by atoms with E-state index in [1.807, 2.05) is 6.08 Å². The fourth-order valence-electron chi connectivity index (χ4n) is 1.41. The smallest absolute Gasteiger partial charge is 0.333 e. The molecule has 0 radical (unpaired) electrons. The van der Waals surface area contributed by atoms with Gasteiger partial charge < -0.3 is 4.74 Å². The molecule has 0 aromatic rings. The molecule has 0 aliphatic carbocycles. The lowest BCUT2D eigenvalue weighted by molar-refractivity contribution is -0.136. The first-order chi connectivity index (χ1) is 8.01. The Morgan fingerprint density at radius 1 is 1.41 bits per heavy atom. The molecule has 96 valence electrons. The minimum absolute atomic E-state index is 0.307. The van der Waals surface area contributed by atoms with E-state index in [1.165, 1.54) is 12.7 Å². The van der Waals surface area contributed by atoms with Crippen LogP contribution in [0.2, 0.25) is 0 Å². The molecule has 0 heterocycles. The highest BCUT2D eigenvalue weighted by atomic mass is 16.5. The average molecular weight is 236 g/mol. The van der Waals surface area contributed by atoms with Gasteiger partial charge in [0.2, 0.25) is 0 Å². The molecular weight excluding hydrogens is 212 g/mol. The van der Waals surface area contributed by atoms with Crippen LogP contribution in [-0.2, 0) is 9.53 Å². The highest BCUT2D eigenvalue weighted by molar-refractivity contribution is 5.87. The molecule has 2 heteroatoms. The maximum Gasteiger partial charge on any atom is 0.333 e. The molecule has 0 aliphatic heterocycles. The van der Waals surface area contributed by atoms with E-state index >= 15 is 0 Å². The monoisotopic (exact) mass is 236 g/mol. The summed E-state index contributed by atoms with van der Waals surface area (Å²) in [4.78, 5) is 11.1. The van der Waals surface area contributed by atoms with Crippen molar-refractivity contribution >= 4 is 5.97 Å². The first-order valence-corrected chi connectivity index (χ1v) is 6.05. The molecule has 0 bridgehead atoms. The zero-order valence-corrected chi connectivity index (χ0v) is 11.3. The summed E-state index contributed by atoms with van der Waals surface area (Å²) in [5, 5.41) is 0. The standard InChI is InChI=1S/C15H24O2/c1-6-12(2)8-7-9-13(3)10-11-14(4)15(16)17-5/h6,9,12H,1,4,7-8,10-11H2,2-3,5H3. The Labute approximate surface area is 105 Å². The Kier molecular flexibility index (Phi) is 8.12. The topological polar surface area (TPSA) is 26.3 Å². The van der Waals surface area contributed by atoms with Crippen LogP contribution < -0.4 is 0 Å². The first kappa shape index (κ1) is 15.7. The zero-order valence-electron chi connectivity index (χ0n) is 11.3. The van der Waals surface area contributed by atoms with Crippen LogP contribution in [0.25, 0.3) is 0 Å². The van der Waals surface area contributed by atoms with Crippen LogP contribution in [0.15, 0.2) is 36.5 Å². The number of hydrogen-bond acceptors (Lipinski definition) is 2. The molecule has 0 spiro atoms. The Balaban J connectivity index is 3.89. The number of esters is 1. The van der Waals surface area contributed by atoms with Crippen molar-refractivity contribution in [2.75, 3.05) is 7.11 Å². The molecular formula is C15H24O2. The quantitative estimate of drug-likeness (QED) is 0.361. The molecule has 1 atom stereocenters. The number of allylic oxidation sites excluding steroid dienone is 3. The normalized spacial score (nSPS) is 13.0. The van der Waals surface area contributed by atoms with Crippen LogP contribution in [0.3, 0.4) is 0 Å². The summed E-state index contributed by atoms with van der Waals surface area (Å²) in [6, 6.07) is 0. The fourth-order valence-corrected chi connectivity index (χ4v) is 1.41. The van der Waals surface area contributed by atoms with Crippen molar-refractivity contribution in [2.45, 2.75) is 39.5 Å². The van der Waals surface area contributed by atoms with Crippen LogP contribution >= 0.6 is 0 Å². The van der Waals surface area contributed by atoms with Gasteiger partial charge in [-0.25, -0.2) is 4.79 Å². The van der Waals surface area contributed by atoms with Crippen molar-refractivity contribution in [1.82, 2.24) is 0 Å². The van der Waals surface area contributed by atoms with Gasteiger partial charge in [0.1, 0.15) is 0 Å². The summed E-state index contributed by atoms with van der Waals surface area (Å²) in [5.74, 6) is 0.252. The lowest BCUT2D eigenvalue weighted by Gasteiger charge is -2.05. The third-order valence-electron chi connectivity index (χ3n) is 2.81. The van der Waals surface area contributed by atoms with Gasteiger partial charge in [-0.3, -0.25) is 0 Å². The number of rotatable bonds is 8. The molecule has 0 saturated heterocycles. The second-order valence-corrected chi connectivity index (χ2v) is 4.44. The lowest BCUT2D eigenvalue weighted by atomic mass is 10.0. The number of methoxy groups -OCH3 is 1. The van der Waals surface area contributed by atoms with Gasteiger partial charge in [-0.05, 0) is 38.5 Å². The maximum atomic E-state index is 11.1. The van der Waals surface area contributed by atoms with Crippen LogP contribution in [0.5, 0.6) is 0 Å². The van der Waals surface area contributed by atoms with Crippen molar-refractivity contribution < 1.29 is 9.53 Å². The second kappa shape index (κ2) is 8.80. The average Bonchev–Trinajstić information content (AvgIpc) is 2.34. The van der Waals surface area contributed by atoms with Crippen LogP contribution in [-0.4, -0.2) is 13.1 Å². The van der Waals surface area contributed by atoms with E-state index in [2.05, 4.69) is 37.8 Å². The molecule has 0 aromatic heterocycles. The number of ether oxygens (including phenoxy) is 1. The van der Waals surface area contributed by atoms with Gasteiger partial charge in [0.15, 0.2) is 0 Å². The van der Waals surface area contributed by atoms with Gasteiger partial charge in [-0.2, -0.15) is 0 Å². The van der Waals surface area contributed by atoms with E-state index in [-0.39, 0.29) is 5.97 Å². The van der Waals surface area contributed by atoms with E-state index < -0.39 is 0 Å². The number of carbonyl (C=O) groups excluding carboxylic acids is 1. The third-order valence-corrected chi connectivity index (χ3v) is 2.81. The van der Waals surface area contributed by atoms with Crippen LogP contribution in [0, 0.1) is 5.92 Å². The molecule has 17 heavy (non-hydrogen) atoms. The molecule has 2 nitrogen and oxygen atoms in total. The van der Waals surface area contributed by atoms with Crippen molar-refractivity contribution in [3.05, 3.63) is 36.5 Å². The number of hydrogen-bond donors (Lipinski definition) is 0. The Morgan fingerprint density at radius 3 is 2.59 bits per heavy atom. The highest BCUT2D eigenvalue weighted by Crippen LogP contribution is 2.14. The Bertz CT molecular complexity index is 300. The van der Waals surface area contributed by atoms with Gasteiger partial charge in [0, 0.05) is 5.57 Å². The summed E-state index contributed by atoms with van der Waals surface area (Å²) >= 11 is 0. The van der Waals surface area contributed by atoms with Crippen molar-refractivity contribution in [3.8, 4) is 0 Å². The first-order valence-electron chi connectivity index (χ1n) is 6.05. The van der Waals surface area contributed by atoms with Gasteiger partial charge in [-0.1, -0.05) is 31.2 Å². The Hall–Kier alpha value is -1.31. The highest BCUT2D eigenvalue weighted by Gasteiger charge is 2.05. The summed E-state index contributed by atoms with van der Waals surface area (Å²) < 4.78 is 4.60. The number of carbonyl (C=O) groups is 1. The molecule has 0 rings (SSSR count). The van der Waals surface area contributed by atoms with Gasteiger partial charge in [0.05, 0.1) is 7.11 Å². The third kappa shape index (κ3) is 7.56. The molecule has 0 fully saturated rings.